The zero-order valence-electron chi connectivity index (χ0n) is 10.3. The van der Waals surface area contributed by atoms with Crippen LogP contribution in [0.1, 0.15) is 30.7 Å². The van der Waals surface area contributed by atoms with Crippen LogP contribution in [0.4, 0.5) is 5.82 Å². The van der Waals surface area contributed by atoms with Crippen molar-refractivity contribution in [3.05, 3.63) is 16.5 Å². The molecule has 1 heterocycles. The van der Waals surface area contributed by atoms with Gasteiger partial charge in [-0.05, 0) is 38.5 Å². The zero-order valence-corrected chi connectivity index (χ0v) is 11.0. The molecule has 2 rings (SSSR count). The molecule has 1 aromatic heterocycles. The number of aryl methyl sites for hydroxylation is 2. The van der Waals surface area contributed by atoms with E-state index in [1.807, 2.05) is 13.8 Å². The Morgan fingerprint density at radius 3 is 2.53 bits per heavy atom. The van der Waals surface area contributed by atoms with Crippen LogP contribution in [0.15, 0.2) is 0 Å². The maximum absolute atomic E-state index is 8.99. The average molecular weight is 256 g/mol. The molecule has 1 fully saturated rings. The van der Waals surface area contributed by atoms with Gasteiger partial charge in [0.05, 0.1) is 11.4 Å². The third-order valence-corrected chi connectivity index (χ3v) is 3.76. The Morgan fingerprint density at radius 2 is 1.94 bits per heavy atom. The molecule has 2 N–H and O–H groups in total. The van der Waals surface area contributed by atoms with Crippen molar-refractivity contribution in [2.24, 2.45) is 5.41 Å². The van der Waals surface area contributed by atoms with Gasteiger partial charge >= 0.3 is 0 Å². The molecule has 0 unspecified atom stereocenters. The fourth-order valence-corrected chi connectivity index (χ4v) is 2.12. The average Bonchev–Trinajstić information content (AvgIpc) is 3.03. The van der Waals surface area contributed by atoms with E-state index < -0.39 is 0 Å². The number of nitrogens with one attached hydrogen (secondary N) is 1. The second kappa shape index (κ2) is 4.78. The Balaban J connectivity index is 2.02. The highest BCUT2D eigenvalue weighted by Crippen LogP contribution is 2.48. The molecule has 1 aliphatic rings. The SMILES string of the molecule is Cc1nc(Cl)c(NCC2(CCO)CC2)nc1C. The van der Waals surface area contributed by atoms with E-state index in [4.69, 9.17) is 16.7 Å². The van der Waals surface area contributed by atoms with Crippen LogP contribution in [-0.2, 0) is 0 Å². The van der Waals surface area contributed by atoms with Crippen molar-refractivity contribution < 1.29 is 5.11 Å². The maximum atomic E-state index is 8.99. The van der Waals surface area contributed by atoms with Gasteiger partial charge in [-0.3, -0.25) is 0 Å². The van der Waals surface area contributed by atoms with Crippen molar-refractivity contribution in [2.45, 2.75) is 33.1 Å². The van der Waals surface area contributed by atoms with Crippen LogP contribution in [0.3, 0.4) is 0 Å². The lowest BCUT2D eigenvalue weighted by Gasteiger charge is -2.16. The predicted molar refractivity (Wildman–Crippen MR) is 68.4 cm³/mol. The number of nitrogens with zero attached hydrogens (tertiary/aromatic N) is 2. The molecule has 5 heteroatoms. The minimum Gasteiger partial charge on any atom is -0.396 e. The van der Waals surface area contributed by atoms with Gasteiger partial charge in [0.15, 0.2) is 11.0 Å². The number of aromatic nitrogens is 2. The van der Waals surface area contributed by atoms with Gasteiger partial charge in [0, 0.05) is 13.2 Å². The van der Waals surface area contributed by atoms with Crippen molar-refractivity contribution in [1.82, 2.24) is 9.97 Å². The largest absolute Gasteiger partial charge is 0.396 e. The monoisotopic (exact) mass is 255 g/mol. The molecule has 0 atom stereocenters. The van der Waals surface area contributed by atoms with E-state index in [1.54, 1.807) is 0 Å². The molecule has 4 nitrogen and oxygen atoms in total. The first-order chi connectivity index (χ1) is 8.06. The molecule has 0 aliphatic heterocycles. The van der Waals surface area contributed by atoms with Crippen LogP contribution in [0.2, 0.25) is 5.15 Å². The summed E-state index contributed by atoms with van der Waals surface area (Å²) in [5.41, 5.74) is 2.00. The van der Waals surface area contributed by atoms with E-state index in [0.717, 1.165) is 37.2 Å². The lowest BCUT2D eigenvalue weighted by Crippen LogP contribution is -2.18. The summed E-state index contributed by atoms with van der Waals surface area (Å²) in [4.78, 5) is 8.63. The van der Waals surface area contributed by atoms with Gasteiger partial charge in [0.2, 0.25) is 0 Å². The summed E-state index contributed by atoms with van der Waals surface area (Å²) >= 11 is 6.04. The van der Waals surface area contributed by atoms with Crippen molar-refractivity contribution >= 4 is 17.4 Å². The number of rotatable bonds is 5. The van der Waals surface area contributed by atoms with Crippen LogP contribution < -0.4 is 5.32 Å². The first-order valence-electron chi connectivity index (χ1n) is 5.92. The van der Waals surface area contributed by atoms with Gasteiger partial charge in [-0.1, -0.05) is 11.6 Å². The smallest absolute Gasteiger partial charge is 0.171 e. The highest BCUT2D eigenvalue weighted by molar-refractivity contribution is 6.31. The summed E-state index contributed by atoms with van der Waals surface area (Å²) < 4.78 is 0. The number of aliphatic hydroxyl groups excluding tert-OH is 1. The van der Waals surface area contributed by atoms with Crippen molar-refractivity contribution in [3.63, 3.8) is 0 Å². The highest BCUT2D eigenvalue weighted by Gasteiger charge is 2.41. The maximum Gasteiger partial charge on any atom is 0.171 e. The fraction of sp³-hybridized carbons (Fsp3) is 0.667. The minimum absolute atomic E-state index is 0.244. The molecule has 1 saturated carbocycles. The second-order valence-corrected chi connectivity index (χ2v) is 5.22. The fourth-order valence-electron chi connectivity index (χ4n) is 1.89. The molecule has 0 spiro atoms. The Bertz CT molecular complexity index is 418. The molecule has 0 radical (unpaired) electrons. The van der Waals surface area contributed by atoms with E-state index in [9.17, 15) is 0 Å². The number of hydrogen-bond donors (Lipinski definition) is 2. The topological polar surface area (TPSA) is 58.0 Å². The van der Waals surface area contributed by atoms with E-state index in [-0.39, 0.29) is 12.0 Å². The lowest BCUT2D eigenvalue weighted by molar-refractivity contribution is 0.253. The molecular formula is C12H18ClN3O. The van der Waals surface area contributed by atoms with Gasteiger partial charge in [-0.15, -0.1) is 0 Å². The molecule has 94 valence electrons. The summed E-state index contributed by atoms with van der Waals surface area (Å²) in [5.74, 6) is 0.652. The van der Waals surface area contributed by atoms with Crippen molar-refractivity contribution in [1.29, 1.82) is 0 Å². The first-order valence-corrected chi connectivity index (χ1v) is 6.30. The Hall–Kier alpha value is -0.870. The van der Waals surface area contributed by atoms with E-state index in [1.165, 1.54) is 0 Å². The summed E-state index contributed by atoms with van der Waals surface area (Å²) in [5, 5.41) is 12.7. The van der Waals surface area contributed by atoms with Gasteiger partial charge in [-0.25, -0.2) is 9.97 Å². The van der Waals surface area contributed by atoms with Crippen LogP contribution in [-0.4, -0.2) is 28.2 Å². The third kappa shape index (κ3) is 2.87. The quantitative estimate of drug-likeness (QED) is 0.848. The third-order valence-electron chi connectivity index (χ3n) is 3.49. The number of halogens is 1. The summed E-state index contributed by atoms with van der Waals surface area (Å²) in [7, 11) is 0. The Labute approximate surface area is 106 Å². The second-order valence-electron chi connectivity index (χ2n) is 4.86. The van der Waals surface area contributed by atoms with Crippen molar-refractivity contribution in [3.8, 4) is 0 Å². The van der Waals surface area contributed by atoms with E-state index in [0.29, 0.717) is 11.0 Å². The Morgan fingerprint density at radius 1 is 1.29 bits per heavy atom. The van der Waals surface area contributed by atoms with Crippen LogP contribution >= 0.6 is 11.6 Å². The molecular weight excluding hydrogens is 238 g/mol. The highest BCUT2D eigenvalue weighted by atomic mass is 35.5. The van der Waals surface area contributed by atoms with Gasteiger partial charge in [0.1, 0.15) is 0 Å². The van der Waals surface area contributed by atoms with Gasteiger partial charge < -0.3 is 10.4 Å². The lowest BCUT2D eigenvalue weighted by atomic mass is 10.0. The Kier molecular flexibility index (Phi) is 3.54. The molecule has 17 heavy (non-hydrogen) atoms. The number of anilines is 1. The minimum atomic E-state index is 0.244. The molecule has 1 aliphatic carbocycles. The zero-order chi connectivity index (χ0) is 12.5. The van der Waals surface area contributed by atoms with Crippen LogP contribution in [0.25, 0.3) is 0 Å². The van der Waals surface area contributed by atoms with E-state index >= 15 is 0 Å². The van der Waals surface area contributed by atoms with Crippen molar-refractivity contribution in [2.75, 3.05) is 18.5 Å². The molecule has 0 amide bonds. The first kappa shape index (κ1) is 12.6. The molecule has 0 bridgehead atoms. The summed E-state index contributed by atoms with van der Waals surface area (Å²) in [6.07, 6.45) is 3.17. The number of hydrogen-bond acceptors (Lipinski definition) is 4. The standard InChI is InChI=1S/C12H18ClN3O/c1-8-9(2)16-11(10(13)15-8)14-7-12(3-4-12)5-6-17/h17H,3-7H2,1-2H3,(H,14,16). The number of aliphatic hydroxyl groups is 1. The summed E-state index contributed by atoms with van der Waals surface area (Å²) in [6, 6.07) is 0. The summed E-state index contributed by atoms with van der Waals surface area (Å²) in [6.45, 7) is 4.87. The molecule has 0 aromatic carbocycles. The van der Waals surface area contributed by atoms with Crippen LogP contribution in [0.5, 0.6) is 0 Å². The van der Waals surface area contributed by atoms with Gasteiger partial charge in [-0.2, -0.15) is 0 Å². The molecule has 0 saturated heterocycles. The predicted octanol–water partition coefficient (Wildman–Crippen LogP) is 2.32. The van der Waals surface area contributed by atoms with E-state index in [2.05, 4.69) is 15.3 Å². The van der Waals surface area contributed by atoms with Crippen LogP contribution in [0, 0.1) is 19.3 Å². The van der Waals surface area contributed by atoms with Gasteiger partial charge in [0.25, 0.3) is 0 Å². The normalized spacial score (nSPS) is 16.9. The molecule has 1 aromatic rings.